The molecule has 0 aromatic heterocycles. The Bertz CT molecular complexity index is 900. The number of carbonyl (C=O) groups is 1. The van der Waals surface area contributed by atoms with Gasteiger partial charge in [0, 0.05) is 36.1 Å². The number of anilines is 1. The number of benzene rings is 1. The lowest BCUT2D eigenvalue weighted by molar-refractivity contribution is -0.114. The van der Waals surface area contributed by atoms with Gasteiger partial charge in [-0.05, 0) is 56.1 Å². The Labute approximate surface area is 169 Å². The van der Waals surface area contributed by atoms with Crippen LogP contribution in [0.15, 0.2) is 58.4 Å². The van der Waals surface area contributed by atoms with Crippen molar-refractivity contribution in [3.63, 3.8) is 0 Å². The Morgan fingerprint density at radius 1 is 1.46 bits per heavy atom. The van der Waals surface area contributed by atoms with Crippen LogP contribution < -0.4 is 16.0 Å². The Morgan fingerprint density at radius 2 is 2.25 bits per heavy atom. The lowest BCUT2D eigenvalue weighted by atomic mass is 9.98. The molecule has 7 heteroatoms. The molecule has 4 rings (SSSR count). The molecule has 1 aromatic carbocycles. The number of nitrogens with zero attached hydrogens (tertiary/aromatic N) is 3. The third-order valence-electron chi connectivity index (χ3n) is 5.26. The molecule has 0 spiro atoms. The second-order valence-corrected chi connectivity index (χ2v) is 8.24. The van der Waals surface area contributed by atoms with Gasteiger partial charge in [-0.1, -0.05) is 24.8 Å². The lowest BCUT2D eigenvalue weighted by Gasteiger charge is -2.22. The summed E-state index contributed by atoms with van der Waals surface area (Å²) in [6.07, 6.45) is 4.54. The number of thioether (sulfide) groups is 1. The highest BCUT2D eigenvalue weighted by Gasteiger charge is 2.34. The van der Waals surface area contributed by atoms with Gasteiger partial charge in [-0.3, -0.25) is 4.79 Å². The maximum Gasteiger partial charge on any atom is 0.277 e. The van der Waals surface area contributed by atoms with Crippen LogP contribution in [-0.4, -0.2) is 35.1 Å². The van der Waals surface area contributed by atoms with E-state index in [1.807, 2.05) is 6.92 Å². The number of hydrogen-bond acceptors (Lipinski definition) is 6. The molecule has 1 atom stereocenters. The molecule has 1 unspecified atom stereocenters. The summed E-state index contributed by atoms with van der Waals surface area (Å²) in [5.74, 6) is 0.280. The molecular weight excluding hydrogens is 370 g/mol. The van der Waals surface area contributed by atoms with Gasteiger partial charge in [0.1, 0.15) is 10.7 Å². The number of carbonyl (C=O) groups excluding carboxylic acids is 1. The van der Waals surface area contributed by atoms with Crippen molar-refractivity contribution in [1.82, 2.24) is 5.32 Å². The van der Waals surface area contributed by atoms with E-state index in [-0.39, 0.29) is 5.91 Å². The lowest BCUT2D eigenvalue weighted by Crippen LogP contribution is -2.30. The molecule has 0 saturated heterocycles. The highest BCUT2D eigenvalue weighted by atomic mass is 32.2. The third kappa shape index (κ3) is 3.64. The fourth-order valence-corrected chi connectivity index (χ4v) is 4.57. The predicted molar refractivity (Wildman–Crippen MR) is 117 cm³/mol. The van der Waals surface area contributed by atoms with E-state index < -0.39 is 0 Å². The molecular formula is C21H25N5OS. The standard InChI is InChI=1S/C21H25N5OS/c1-3-23-20-18(25-21(28-20)19(27)24-15-8-9-15)13(2)26-12-14(10-11-22)16-6-4-5-7-17(16)26/h3-7,14-15H,1,8-12,22H2,2H3,(H,24,27)/b18-13-,23-20+. The van der Waals surface area contributed by atoms with Gasteiger partial charge < -0.3 is 16.0 Å². The third-order valence-corrected chi connectivity index (χ3v) is 6.22. The summed E-state index contributed by atoms with van der Waals surface area (Å²) in [6, 6.07) is 8.73. The monoisotopic (exact) mass is 395 g/mol. The fraction of sp³-hybridized carbons (Fsp3) is 0.381. The first kappa shape index (κ1) is 19.0. The van der Waals surface area contributed by atoms with Crippen LogP contribution in [-0.2, 0) is 4.79 Å². The first-order chi connectivity index (χ1) is 13.6. The average Bonchev–Trinajstić information content (AvgIpc) is 3.29. The molecule has 1 aliphatic carbocycles. The summed E-state index contributed by atoms with van der Waals surface area (Å²) >= 11 is 1.31. The largest absolute Gasteiger partial charge is 0.347 e. The van der Waals surface area contributed by atoms with E-state index in [9.17, 15) is 4.79 Å². The molecule has 1 amide bonds. The minimum Gasteiger partial charge on any atom is -0.347 e. The van der Waals surface area contributed by atoms with Crippen LogP contribution in [0.3, 0.4) is 0 Å². The van der Waals surface area contributed by atoms with Crippen LogP contribution in [0, 0.1) is 0 Å². The van der Waals surface area contributed by atoms with E-state index in [1.54, 1.807) is 0 Å². The quantitative estimate of drug-likeness (QED) is 0.775. The molecule has 0 radical (unpaired) electrons. The van der Waals surface area contributed by atoms with Crippen LogP contribution in [0.4, 0.5) is 5.69 Å². The van der Waals surface area contributed by atoms with Gasteiger partial charge in [0.25, 0.3) is 5.91 Å². The Hall–Kier alpha value is -2.38. The van der Waals surface area contributed by atoms with Crippen molar-refractivity contribution in [2.45, 2.75) is 38.1 Å². The molecule has 2 aliphatic heterocycles. The van der Waals surface area contributed by atoms with Crippen molar-refractivity contribution in [3.8, 4) is 0 Å². The molecule has 146 valence electrons. The number of hydrogen-bond donors (Lipinski definition) is 2. The minimum absolute atomic E-state index is 0.116. The SMILES string of the molecule is C=C/N=C1/SC(C(=O)NC2CC2)=N/C1=C(/C)N1CC(CCN)c2ccccc21. The maximum atomic E-state index is 12.5. The van der Waals surface area contributed by atoms with Crippen molar-refractivity contribution in [1.29, 1.82) is 0 Å². The van der Waals surface area contributed by atoms with Crippen LogP contribution in [0.2, 0.25) is 0 Å². The molecule has 1 saturated carbocycles. The van der Waals surface area contributed by atoms with Crippen molar-refractivity contribution in [2.24, 2.45) is 15.7 Å². The normalized spacial score (nSPS) is 24.2. The van der Waals surface area contributed by atoms with Crippen molar-refractivity contribution in [2.75, 3.05) is 18.0 Å². The van der Waals surface area contributed by atoms with Gasteiger partial charge in [0.2, 0.25) is 0 Å². The first-order valence-corrected chi connectivity index (χ1v) is 10.5. The number of amides is 1. The smallest absolute Gasteiger partial charge is 0.277 e. The van der Waals surface area contributed by atoms with Gasteiger partial charge in [0.05, 0.1) is 0 Å². The highest BCUT2D eigenvalue weighted by molar-refractivity contribution is 8.29. The van der Waals surface area contributed by atoms with Gasteiger partial charge in [-0.2, -0.15) is 0 Å². The summed E-state index contributed by atoms with van der Waals surface area (Å²) in [4.78, 5) is 23.8. The molecule has 3 N–H and O–H groups in total. The van der Waals surface area contributed by atoms with Crippen molar-refractivity contribution in [3.05, 3.63) is 54.0 Å². The van der Waals surface area contributed by atoms with Crippen LogP contribution in [0.1, 0.15) is 37.7 Å². The van der Waals surface area contributed by atoms with Gasteiger partial charge in [-0.15, -0.1) is 0 Å². The highest BCUT2D eigenvalue weighted by Crippen LogP contribution is 2.41. The summed E-state index contributed by atoms with van der Waals surface area (Å²) in [5.41, 5.74) is 10.1. The zero-order valence-electron chi connectivity index (χ0n) is 16.0. The van der Waals surface area contributed by atoms with E-state index in [4.69, 9.17) is 5.73 Å². The van der Waals surface area contributed by atoms with E-state index in [2.05, 4.69) is 51.0 Å². The van der Waals surface area contributed by atoms with Gasteiger partial charge in [0.15, 0.2) is 5.04 Å². The summed E-state index contributed by atoms with van der Waals surface area (Å²) in [5, 5.41) is 4.17. The summed E-state index contributed by atoms with van der Waals surface area (Å²) in [7, 11) is 0. The number of nitrogens with one attached hydrogen (secondary N) is 1. The zero-order chi connectivity index (χ0) is 19.7. The Balaban J connectivity index is 1.69. The summed E-state index contributed by atoms with van der Waals surface area (Å²) < 4.78 is 0. The zero-order valence-corrected chi connectivity index (χ0v) is 16.8. The Kier molecular flexibility index (Phi) is 5.37. The summed E-state index contributed by atoms with van der Waals surface area (Å²) in [6.45, 7) is 7.27. The first-order valence-electron chi connectivity index (χ1n) is 9.66. The molecule has 28 heavy (non-hydrogen) atoms. The number of fused-ring (bicyclic) bond motifs is 1. The van der Waals surface area contributed by atoms with Crippen LogP contribution in [0.25, 0.3) is 0 Å². The molecule has 0 bridgehead atoms. The van der Waals surface area contributed by atoms with Crippen molar-refractivity contribution >= 4 is 33.4 Å². The van der Waals surface area contributed by atoms with E-state index >= 15 is 0 Å². The second kappa shape index (κ2) is 7.93. The average molecular weight is 396 g/mol. The topological polar surface area (TPSA) is 83.1 Å². The molecule has 2 heterocycles. The van der Waals surface area contributed by atoms with Gasteiger partial charge in [-0.25, -0.2) is 9.98 Å². The second-order valence-electron chi connectivity index (χ2n) is 7.26. The number of allylic oxidation sites excluding steroid dienone is 1. The Morgan fingerprint density at radius 3 is 2.96 bits per heavy atom. The number of nitrogens with two attached hydrogens (primary N) is 1. The van der Waals surface area contributed by atoms with Crippen LogP contribution in [0.5, 0.6) is 0 Å². The van der Waals surface area contributed by atoms with E-state index in [0.29, 0.717) is 28.6 Å². The van der Waals surface area contributed by atoms with E-state index in [1.165, 1.54) is 29.2 Å². The fourth-order valence-electron chi connectivity index (χ4n) is 3.68. The maximum absolute atomic E-state index is 12.5. The molecule has 1 fully saturated rings. The van der Waals surface area contributed by atoms with Crippen LogP contribution >= 0.6 is 11.8 Å². The molecule has 6 nitrogen and oxygen atoms in total. The number of aliphatic imine (C=N–C) groups is 2. The van der Waals surface area contributed by atoms with Gasteiger partial charge >= 0.3 is 0 Å². The number of para-hydroxylation sites is 1. The molecule has 3 aliphatic rings. The number of rotatable bonds is 6. The van der Waals surface area contributed by atoms with Crippen molar-refractivity contribution < 1.29 is 4.79 Å². The van der Waals surface area contributed by atoms with E-state index in [0.717, 1.165) is 37.2 Å². The predicted octanol–water partition coefficient (Wildman–Crippen LogP) is 3.14. The molecule has 1 aromatic rings. The minimum atomic E-state index is -0.116.